The van der Waals surface area contributed by atoms with Crippen molar-refractivity contribution in [3.63, 3.8) is 0 Å². The van der Waals surface area contributed by atoms with Gasteiger partial charge >= 0.3 is 0 Å². The highest BCUT2D eigenvalue weighted by molar-refractivity contribution is 9.10. The molecule has 1 aliphatic heterocycles. The largest absolute Gasteiger partial charge is 0.486 e. The fourth-order valence-electron chi connectivity index (χ4n) is 3.23. The van der Waals surface area contributed by atoms with Gasteiger partial charge in [-0.1, -0.05) is 35.3 Å². The molecule has 4 rings (SSSR count). The summed E-state index contributed by atoms with van der Waals surface area (Å²) in [5, 5.41) is 13.1. The minimum absolute atomic E-state index is 0.0867. The summed E-state index contributed by atoms with van der Waals surface area (Å²) >= 11 is 16.0. The molecule has 0 aliphatic carbocycles. The normalized spacial score (nSPS) is 12.3. The molecular weight excluding hydrogens is 543 g/mol. The molecule has 0 unspecified atom stereocenters. The number of fused-ring (bicyclic) bond motifs is 1. The van der Waals surface area contributed by atoms with Crippen molar-refractivity contribution in [2.75, 3.05) is 12.1 Å². The van der Waals surface area contributed by atoms with Crippen molar-refractivity contribution in [1.29, 1.82) is 5.26 Å². The molecule has 1 N–H and O–H groups in total. The summed E-state index contributed by atoms with van der Waals surface area (Å²) in [5.74, 6) is 1.25. The van der Waals surface area contributed by atoms with Gasteiger partial charge in [0, 0.05) is 10.7 Å². The van der Waals surface area contributed by atoms with E-state index < -0.39 is 5.91 Å². The van der Waals surface area contributed by atoms with Gasteiger partial charge in [-0.05, 0) is 82.0 Å². The van der Waals surface area contributed by atoms with Crippen LogP contribution in [0.1, 0.15) is 16.7 Å². The Kier molecular flexibility index (Phi) is 7.32. The van der Waals surface area contributed by atoms with Gasteiger partial charge in [-0.15, -0.1) is 0 Å². The lowest BCUT2D eigenvalue weighted by Crippen LogP contribution is -2.14. The van der Waals surface area contributed by atoms with E-state index in [1.165, 1.54) is 6.08 Å². The van der Waals surface area contributed by atoms with Gasteiger partial charge in [-0.2, -0.15) is 5.26 Å². The van der Waals surface area contributed by atoms with Crippen molar-refractivity contribution in [3.05, 3.63) is 85.3 Å². The molecule has 0 fully saturated rings. The van der Waals surface area contributed by atoms with Crippen LogP contribution in [0.25, 0.3) is 6.08 Å². The standard InChI is InChI=1S/C25H17BrCl2N2O4/c1-14-19(27)3-2-4-21(14)30-25(31)17(11-29)7-16-8-18(26)24(20(28)9-16)32-12-15-5-6-22-23(10-15)34-13-33-22/h2-10H,12-13H2,1H3,(H,30,31)/b17-7+. The third-order valence-electron chi connectivity index (χ3n) is 5.03. The number of rotatable bonds is 6. The van der Waals surface area contributed by atoms with Crippen LogP contribution in [0.5, 0.6) is 17.2 Å². The average molecular weight is 560 g/mol. The molecule has 1 aliphatic rings. The Labute approximate surface area is 214 Å². The second-order valence-electron chi connectivity index (χ2n) is 7.33. The number of benzene rings is 3. The Morgan fingerprint density at radius 2 is 1.97 bits per heavy atom. The molecular formula is C25H17BrCl2N2O4. The van der Waals surface area contributed by atoms with E-state index in [0.717, 1.165) is 5.56 Å². The number of anilines is 1. The van der Waals surface area contributed by atoms with Crippen LogP contribution in [0.2, 0.25) is 10.0 Å². The first kappa shape index (κ1) is 24.0. The van der Waals surface area contributed by atoms with Gasteiger partial charge in [-0.25, -0.2) is 0 Å². The molecule has 9 heteroatoms. The first-order valence-corrected chi connectivity index (χ1v) is 11.6. The maximum atomic E-state index is 12.7. The summed E-state index contributed by atoms with van der Waals surface area (Å²) in [6.07, 6.45) is 1.45. The number of carbonyl (C=O) groups is 1. The first-order chi connectivity index (χ1) is 16.4. The lowest BCUT2D eigenvalue weighted by Gasteiger charge is -2.12. The van der Waals surface area contributed by atoms with Crippen molar-refractivity contribution in [2.24, 2.45) is 0 Å². The van der Waals surface area contributed by atoms with Crippen molar-refractivity contribution >= 4 is 56.8 Å². The zero-order valence-electron chi connectivity index (χ0n) is 17.8. The van der Waals surface area contributed by atoms with E-state index >= 15 is 0 Å². The number of halogens is 3. The number of hydrogen-bond acceptors (Lipinski definition) is 5. The highest BCUT2D eigenvalue weighted by Gasteiger charge is 2.16. The predicted octanol–water partition coefficient (Wildman–Crippen LogP) is 6.92. The van der Waals surface area contributed by atoms with E-state index in [1.54, 1.807) is 37.3 Å². The third-order valence-corrected chi connectivity index (χ3v) is 6.31. The molecule has 0 saturated heterocycles. The molecule has 0 aromatic heterocycles. The number of amides is 1. The first-order valence-electron chi connectivity index (χ1n) is 10.0. The summed E-state index contributed by atoms with van der Waals surface area (Å²) in [4.78, 5) is 12.7. The van der Waals surface area contributed by atoms with E-state index in [-0.39, 0.29) is 19.0 Å². The molecule has 3 aromatic rings. The molecule has 3 aromatic carbocycles. The topological polar surface area (TPSA) is 80.6 Å². The number of nitrogens with one attached hydrogen (secondary N) is 1. The molecule has 0 bridgehead atoms. The molecule has 0 saturated carbocycles. The zero-order valence-corrected chi connectivity index (χ0v) is 20.9. The minimum atomic E-state index is -0.553. The van der Waals surface area contributed by atoms with E-state index in [2.05, 4.69) is 21.2 Å². The number of carbonyl (C=O) groups excluding carboxylic acids is 1. The minimum Gasteiger partial charge on any atom is -0.486 e. The van der Waals surface area contributed by atoms with Crippen molar-refractivity contribution in [3.8, 4) is 23.3 Å². The Morgan fingerprint density at radius 3 is 2.74 bits per heavy atom. The van der Waals surface area contributed by atoms with Crippen LogP contribution in [-0.4, -0.2) is 12.7 Å². The van der Waals surface area contributed by atoms with Gasteiger partial charge in [0.05, 0.1) is 9.50 Å². The average Bonchev–Trinajstić information content (AvgIpc) is 3.28. The second-order valence-corrected chi connectivity index (χ2v) is 9.00. The van der Waals surface area contributed by atoms with Crippen LogP contribution < -0.4 is 19.5 Å². The van der Waals surface area contributed by atoms with Crippen LogP contribution >= 0.6 is 39.1 Å². The van der Waals surface area contributed by atoms with Gasteiger partial charge in [0.1, 0.15) is 18.2 Å². The van der Waals surface area contributed by atoms with E-state index in [4.69, 9.17) is 37.4 Å². The van der Waals surface area contributed by atoms with Gasteiger partial charge < -0.3 is 19.5 Å². The van der Waals surface area contributed by atoms with Crippen LogP contribution in [0.3, 0.4) is 0 Å². The van der Waals surface area contributed by atoms with E-state index in [1.807, 2.05) is 24.3 Å². The van der Waals surface area contributed by atoms with Gasteiger partial charge in [0.15, 0.2) is 17.2 Å². The van der Waals surface area contributed by atoms with Crippen LogP contribution in [-0.2, 0) is 11.4 Å². The zero-order chi connectivity index (χ0) is 24.2. The second kappa shape index (κ2) is 10.4. The molecule has 0 atom stereocenters. The molecule has 6 nitrogen and oxygen atoms in total. The maximum absolute atomic E-state index is 12.7. The maximum Gasteiger partial charge on any atom is 0.266 e. The lowest BCUT2D eigenvalue weighted by atomic mass is 10.1. The Balaban J connectivity index is 1.50. The Bertz CT molecular complexity index is 1330. The predicted molar refractivity (Wildman–Crippen MR) is 134 cm³/mol. The highest BCUT2D eigenvalue weighted by atomic mass is 79.9. The molecule has 1 heterocycles. The number of nitrogens with zero attached hydrogens (tertiary/aromatic N) is 1. The summed E-state index contributed by atoms with van der Waals surface area (Å²) in [6.45, 7) is 2.25. The van der Waals surface area contributed by atoms with Crippen LogP contribution in [0.15, 0.2) is 58.6 Å². The van der Waals surface area contributed by atoms with Gasteiger partial charge in [-0.3, -0.25) is 4.79 Å². The van der Waals surface area contributed by atoms with Crippen molar-refractivity contribution in [1.82, 2.24) is 0 Å². The van der Waals surface area contributed by atoms with Gasteiger partial charge in [0.2, 0.25) is 6.79 Å². The van der Waals surface area contributed by atoms with E-state index in [9.17, 15) is 10.1 Å². The molecule has 0 spiro atoms. The highest BCUT2D eigenvalue weighted by Crippen LogP contribution is 2.37. The lowest BCUT2D eigenvalue weighted by molar-refractivity contribution is -0.112. The SMILES string of the molecule is Cc1c(Cl)cccc1NC(=O)/C(C#N)=C/c1cc(Cl)c(OCc2ccc3c(c2)OCO3)c(Br)c1. The summed E-state index contributed by atoms with van der Waals surface area (Å²) < 4.78 is 17.2. The van der Waals surface area contributed by atoms with Crippen molar-refractivity contribution < 1.29 is 19.0 Å². The third kappa shape index (κ3) is 5.31. The molecule has 34 heavy (non-hydrogen) atoms. The quantitative estimate of drug-likeness (QED) is 0.262. The summed E-state index contributed by atoms with van der Waals surface area (Å²) in [6, 6.07) is 16.0. The molecule has 172 valence electrons. The molecule has 0 radical (unpaired) electrons. The summed E-state index contributed by atoms with van der Waals surface area (Å²) in [5.41, 5.74) is 2.60. The van der Waals surface area contributed by atoms with Crippen LogP contribution in [0.4, 0.5) is 5.69 Å². The van der Waals surface area contributed by atoms with E-state index in [0.29, 0.717) is 48.6 Å². The Morgan fingerprint density at radius 1 is 1.18 bits per heavy atom. The monoisotopic (exact) mass is 558 g/mol. The summed E-state index contributed by atoms with van der Waals surface area (Å²) in [7, 11) is 0. The fraction of sp³-hybridized carbons (Fsp3) is 0.120. The number of nitriles is 1. The number of ether oxygens (including phenoxy) is 3. The smallest absolute Gasteiger partial charge is 0.266 e. The van der Waals surface area contributed by atoms with Gasteiger partial charge in [0.25, 0.3) is 5.91 Å². The fourth-order valence-corrected chi connectivity index (χ4v) is 4.40. The molecule has 1 amide bonds. The van der Waals surface area contributed by atoms with Crippen molar-refractivity contribution in [2.45, 2.75) is 13.5 Å². The number of hydrogen-bond donors (Lipinski definition) is 1. The van der Waals surface area contributed by atoms with Crippen LogP contribution in [0, 0.1) is 18.3 Å². The Hall–Kier alpha value is -3.18.